The molecule has 0 aromatic carbocycles. The van der Waals surface area contributed by atoms with Crippen LogP contribution in [0.5, 0.6) is 0 Å². The second-order valence-electron chi connectivity index (χ2n) is 3.19. The SMILES string of the molecule is CCN(CC(=O)O)Cc1ccc([N+](=O)[O-])o1. The molecule has 0 saturated heterocycles. The van der Waals surface area contributed by atoms with Gasteiger partial charge in [-0.3, -0.25) is 19.8 Å². The summed E-state index contributed by atoms with van der Waals surface area (Å²) in [5.74, 6) is -0.890. The van der Waals surface area contributed by atoms with Crippen molar-refractivity contribution in [3.05, 3.63) is 28.0 Å². The molecule has 1 N–H and O–H groups in total. The molecule has 7 heteroatoms. The maximum Gasteiger partial charge on any atom is 0.433 e. The van der Waals surface area contributed by atoms with Crippen molar-refractivity contribution >= 4 is 11.9 Å². The Bertz CT molecular complexity index is 387. The highest BCUT2D eigenvalue weighted by molar-refractivity contribution is 5.69. The number of carbonyl (C=O) groups is 1. The maximum absolute atomic E-state index is 10.5. The summed E-state index contributed by atoms with van der Waals surface area (Å²) >= 11 is 0. The molecular weight excluding hydrogens is 216 g/mol. The average Bonchev–Trinajstić information content (AvgIpc) is 2.64. The Labute approximate surface area is 91.4 Å². The fraction of sp³-hybridized carbons (Fsp3) is 0.444. The first-order valence-corrected chi connectivity index (χ1v) is 4.70. The zero-order chi connectivity index (χ0) is 12.1. The highest BCUT2D eigenvalue weighted by atomic mass is 16.6. The standard InChI is InChI=1S/C9H12N2O5/c1-2-10(6-9(12)13)5-7-3-4-8(16-7)11(14)15/h3-4H,2,5-6H2,1H3,(H,12,13). The van der Waals surface area contributed by atoms with Crippen LogP contribution < -0.4 is 0 Å². The van der Waals surface area contributed by atoms with E-state index >= 15 is 0 Å². The van der Waals surface area contributed by atoms with Crippen molar-refractivity contribution in [1.82, 2.24) is 4.90 Å². The summed E-state index contributed by atoms with van der Waals surface area (Å²) in [7, 11) is 0. The number of hydrogen-bond acceptors (Lipinski definition) is 5. The molecule has 1 aromatic rings. The molecule has 0 atom stereocenters. The third kappa shape index (κ3) is 3.35. The van der Waals surface area contributed by atoms with Crippen molar-refractivity contribution in [2.45, 2.75) is 13.5 Å². The van der Waals surface area contributed by atoms with Gasteiger partial charge in [0.05, 0.1) is 19.2 Å². The first-order chi connectivity index (χ1) is 7.52. The lowest BCUT2D eigenvalue weighted by atomic mass is 10.4. The van der Waals surface area contributed by atoms with E-state index in [9.17, 15) is 14.9 Å². The van der Waals surface area contributed by atoms with Gasteiger partial charge in [0, 0.05) is 0 Å². The average molecular weight is 228 g/mol. The van der Waals surface area contributed by atoms with E-state index in [2.05, 4.69) is 0 Å². The Morgan fingerprint density at radius 3 is 2.75 bits per heavy atom. The van der Waals surface area contributed by atoms with E-state index in [1.54, 1.807) is 11.8 Å². The molecule has 1 aromatic heterocycles. The summed E-state index contributed by atoms with van der Waals surface area (Å²) in [4.78, 5) is 21.8. The molecule has 0 amide bonds. The molecule has 88 valence electrons. The van der Waals surface area contributed by atoms with Crippen LogP contribution in [-0.2, 0) is 11.3 Å². The highest BCUT2D eigenvalue weighted by Crippen LogP contribution is 2.16. The molecule has 0 aliphatic rings. The second-order valence-corrected chi connectivity index (χ2v) is 3.19. The van der Waals surface area contributed by atoms with Crippen molar-refractivity contribution in [1.29, 1.82) is 0 Å². The van der Waals surface area contributed by atoms with Crippen LogP contribution in [-0.4, -0.2) is 34.0 Å². The molecule has 1 rings (SSSR count). The Kier molecular flexibility index (Phi) is 4.01. The van der Waals surface area contributed by atoms with Gasteiger partial charge in [0.1, 0.15) is 10.7 Å². The molecule has 0 fully saturated rings. The predicted octanol–water partition coefficient (Wildman–Crippen LogP) is 1.09. The van der Waals surface area contributed by atoms with E-state index in [-0.39, 0.29) is 19.0 Å². The summed E-state index contributed by atoms with van der Waals surface area (Å²) in [5.41, 5.74) is 0. The minimum Gasteiger partial charge on any atom is -0.480 e. The van der Waals surface area contributed by atoms with Crippen molar-refractivity contribution in [3.8, 4) is 0 Å². The van der Waals surface area contributed by atoms with Gasteiger partial charge in [0.25, 0.3) is 0 Å². The van der Waals surface area contributed by atoms with Crippen molar-refractivity contribution in [3.63, 3.8) is 0 Å². The molecule has 1 heterocycles. The largest absolute Gasteiger partial charge is 0.480 e. The van der Waals surface area contributed by atoms with Crippen LogP contribution in [0.2, 0.25) is 0 Å². The van der Waals surface area contributed by atoms with E-state index in [4.69, 9.17) is 9.52 Å². The molecule has 0 bridgehead atoms. The van der Waals surface area contributed by atoms with Gasteiger partial charge in [-0.1, -0.05) is 6.92 Å². The maximum atomic E-state index is 10.5. The minimum absolute atomic E-state index is 0.120. The van der Waals surface area contributed by atoms with Crippen LogP contribution in [0.15, 0.2) is 16.5 Å². The van der Waals surface area contributed by atoms with Gasteiger partial charge < -0.3 is 9.52 Å². The van der Waals surface area contributed by atoms with Gasteiger partial charge in [0.15, 0.2) is 0 Å². The zero-order valence-corrected chi connectivity index (χ0v) is 8.75. The Balaban J connectivity index is 2.63. The minimum atomic E-state index is -0.942. The number of nitro groups is 1. The van der Waals surface area contributed by atoms with Crippen molar-refractivity contribution in [2.75, 3.05) is 13.1 Å². The number of hydrogen-bond donors (Lipinski definition) is 1. The molecule has 0 aliphatic heterocycles. The van der Waals surface area contributed by atoms with Crippen LogP contribution in [0.4, 0.5) is 5.88 Å². The van der Waals surface area contributed by atoms with Gasteiger partial charge in [-0.2, -0.15) is 0 Å². The van der Waals surface area contributed by atoms with Crippen molar-refractivity contribution < 1.29 is 19.2 Å². The van der Waals surface area contributed by atoms with Gasteiger partial charge in [-0.25, -0.2) is 0 Å². The number of rotatable bonds is 6. The van der Waals surface area contributed by atoms with Gasteiger partial charge in [-0.05, 0) is 12.6 Å². The molecule has 7 nitrogen and oxygen atoms in total. The number of likely N-dealkylation sites (N-methyl/N-ethyl adjacent to an activating group) is 1. The van der Waals surface area contributed by atoms with Crippen LogP contribution in [0.25, 0.3) is 0 Å². The quantitative estimate of drug-likeness (QED) is 0.578. The lowest BCUT2D eigenvalue weighted by Crippen LogP contribution is -2.28. The lowest BCUT2D eigenvalue weighted by Gasteiger charge is -2.15. The van der Waals surface area contributed by atoms with E-state index in [1.807, 2.05) is 0 Å². The number of nitrogens with zero attached hydrogens (tertiary/aromatic N) is 2. The summed E-state index contributed by atoms with van der Waals surface area (Å²) in [6.45, 7) is 2.46. The first kappa shape index (κ1) is 12.2. The van der Waals surface area contributed by atoms with Gasteiger partial charge >= 0.3 is 11.9 Å². The Morgan fingerprint density at radius 2 is 2.31 bits per heavy atom. The summed E-state index contributed by atoms with van der Waals surface area (Å²) in [6, 6.07) is 2.73. The first-order valence-electron chi connectivity index (χ1n) is 4.70. The van der Waals surface area contributed by atoms with Crippen molar-refractivity contribution in [2.24, 2.45) is 0 Å². The van der Waals surface area contributed by atoms with E-state index in [0.29, 0.717) is 12.3 Å². The highest BCUT2D eigenvalue weighted by Gasteiger charge is 2.15. The lowest BCUT2D eigenvalue weighted by molar-refractivity contribution is -0.402. The van der Waals surface area contributed by atoms with Gasteiger partial charge in [-0.15, -0.1) is 0 Å². The van der Waals surface area contributed by atoms with Crippen LogP contribution in [0.3, 0.4) is 0 Å². The zero-order valence-electron chi connectivity index (χ0n) is 8.75. The third-order valence-corrected chi connectivity index (χ3v) is 2.01. The third-order valence-electron chi connectivity index (χ3n) is 2.01. The van der Waals surface area contributed by atoms with E-state index in [1.165, 1.54) is 12.1 Å². The normalized spacial score (nSPS) is 10.6. The number of carboxylic acids is 1. The molecule has 0 radical (unpaired) electrons. The Morgan fingerprint density at radius 1 is 1.62 bits per heavy atom. The fourth-order valence-electron chi connectivity index (χ4n) is 1.24. The van der Waals surface area contributed by atoms with Crippen LogP contribution in [0, 0.1) is 10.1 Å². The number of aliphatic carboxylic acids is 1. The predicted molar refractivity (Wildman–Crippen MR) is 53.9 cm³/mol. The molecule has 0 saturated carbocycles. The molecule has 0 aliphatic carbocycles. The number of carboxylic acid groups (broad SMARTS) is 1. The fourth-order valence-corrected chi connectivity index (χ4v) is 1.24. The molecular formula is C9H12N2O5. The van der Waals surface area contributed by atoms with Gasteiger partial charge in [0.2, 0.25) is 0 Å². The number of furan rings is 1. The molecule has 0 unspecified atom stereocenters. The monoisotopic (exact) mass is 228 g/mol. The van der Waals surface area contributed by atoms with Crippen LogP contribution >= 0.6 is 0 Å². The smallest absolute Gasteiger partial charge is 0.433 e. The molecule has 16 heavy (non-hydrogen) atoms. The summed E-state index contributed by atoms with van der Waals surface area (Å²) in [5, 5.41) is 19.0. The summed E-state index contributed by atoms with van der Waals surface area (Å²) < 4.78 is 4.93. The second kappa shape index (κ2) is 5.26. The Hall–Kier alpha value is -1.89. The topological polar surface area (TPSA) is 96.8 Å². The summed E-state index contributed by atoms with van der Waals surface area (Å²) in [6.07, 6.45) is 0. The molecule has 0 spiro atoms. The van der Waals surface area contributed by atoms with E-state index < -0.39 is 10.9 Å². The van der Waals surface area contributed by atoms with Crippen LogP contribution in [0.1, 0.15) is 12.7 Å². The van der Waals surface area contributed by atoms with E-state index in [0.717, 1.165) is 0 Å².